The number of nitrogens with zero attached hydrogens (tertiary/aromatic N) is 3. The van der Waals surface area contributed by atoms with Crippen LogP contribution in [0.25, 0.3) is 5.57 Å². The topological polar surface area (TPSA) is 92.1 Å². The number of nitrogens with one attached hydrogen (secondary N) is 2. The number of halogens is 3. The number of ether oxygens (including phenoxy) is 2. The van der Waals surface area contributed by atoms with E-state index in [0.29, 0.717) is 48.3 Å². The molecule has 0 saturated heterocycles. The van der Waals surface area contributed by atoms with Crippen molar-refractivity contribution in [2.24, 2.45) is 0 Å². The summed E-state index contributed by atoms with van der Waals surface area (Å²) in [6, 6.07) is 5.11. The van der Waals surface area contributed by atoms with Gasteiger partial charge in [-0.2, -0.15) is 18.4 Å². The molecule has 168 valence electrons. The molecule has 32 heavy (non-hydrogen) atoms. The van der Waals surface area contributed by atoms with Crippen molar-refractivity contribution in [3.63, 3.8) is 0 Å². The lowest BCUT2D eigenvalue weighted by molar-refractivity contribution is -0.153. The number of benzene rings is 1. The van der Waals surface area contributed by atoms with Crippen molar-refractivity contribution in [2.75, 3.05) is 25.1 Å². The first-order valence-corrected chi connectivity index (χ1v) is 10.3. The fourth-order valence-corrected chi connectivity index (χ4v) is 3.47. The van der Waals surface area contributed by atoms with E-state index in [2.05, 4.69) is 20.6 Å². The monoisotopic (exact) mass is 445 g/mol. The van der Waals surface area contributed by atoms with Gasteiger partial charge in [-0.15, -0.1) is 0 Å². The van der Waals surface area contributed by atoms with E-state index >= 15 is 0 Å². The van der Waals surface area contributed by atoms with Gasteiger partial charge in [0.15, 0.2) is 24.4 Å². The molecule has 2 heterocycles. The van der Waals surface area contributed by atoms with Crippen molar-refractivity contribution >= 4 is 17.1 Å². The molecule has 1 aromatic carbocycles. The summed E-state index contributed by atoms with van der Waals surface area (Å²) in [5, 5.41) is 14.5. The van der Waals surface area contributed by atoms with Crippen LogP contribution in [0.2, 0.25) is 0 Å². The largest absolute Gasteiger partial charge is 0.481 e. The van der Waals surface area contributed by atoms with Crippen LogP contribution in [-0.2, 0) is 11.3 Å². The summed E-state index contributed by atoms with van der Waals surface area (Å²) >= 11 is 0. The summed E-state index contributed by atoms with van der Waals surface area (Å²) in [4.78, 5) is 9.05. The van der Waals surface area contributed by atoms with Crippen molar-refractivity contribution in [3.05, 3.63) is 47.4 Å². The van der Waals surface area contributed by atoms with Crippen LogP contribution in [0.3, 0.4) is 0 Å². The van der Waals surface area contributed by atoms with Crippen LogP contribution in [-0.4, -0.2) is 36.0 Å². The van der Waals surface area contributed by atoms with E-state index in [-0.39, 0.29) is 12.3 Å². The predicted octanol–water partition coefficient (Wildman–Crippen LogP) is 4.41. The summed E-state index contributed by atoms with van der Waals surface area (Å²) in [5.41, 5.74) is 3.12. The minimum Gasteiger partial charge on any atom is -0.481 e. The Balaban J connectivity index is 1.69. The molecule has 0 radical (unpaired) electrons. The molecule has 0 amide bonds. The minimum absolute atomic E-state index is 0.0882. The van der Waals surface area contributed by atoms with Gasteiger partial charge in [0, 0.05) is 11.5 Å². The molecule has 1 aliphatic heterocycles. The van der Waals surface area contributed by atoms with Gasteiger partial charge in [-0.05, 0) is 30.9 Å². The molecule has 1 aromatic heterocycles. The quantitative estimate of drug-likeness (QED) is 0.459. The number of hydrogen-bond donors (Lipinski definition) is 2. The van der Waals surface area contributed by atoms with Gasteiger partial charge in [-0.1, -0.05) is 18.2 Å². The summed E-state index contributed by atoms with van der Waals surface area (Å²) in [6.07, 6.45) is 3.54. The number of hydrogen-bond acceptors (Lipinski definition) is 7. The van der Waals surface area contributed by atoms with Crippen LogP contribution in [0, 0.1) is 11.5 Å². The van der Waals surface area contributed by atoms with Crippen LogP contribution in [0.1, 0.15) is 42.1 Å². The Morgan fingerprint density at radius 3 is 2.81 bits per heavy atom. The van der Waals surface area contributed by atoms with E-state index in [1.54, 1.807) is 24.4 Å². The highest BCUT2D eigenvalue weighted by Gasteiger charge is 2.30. The summed E-state index contributed by atoms with van der Waals surface area (Å²) in [7, 11) is 0. The van der Waals surface area contributed by atoms with Gasteiger partial charge in [-0.25, -0.2) is 4.98 Å². The van der Waals surface area contributed by atoms with Crippen molar-refractivity contribution in [3.8, 4) is 11.9 Å². The summed E-state index contributed by atoms with van der Waals surface area (Å²) in [6.45, 7) is -0.394. The average Bonchev–Trinajstić information content (AvgIpc) is 3.63. The third-order valence-corrected chi connectivity index (χ3v) is 5.15. The number of anilines is 2. The second-order valence-electron chi connectivity index (χ2n) is 7.60. The van der Waals surface area contributed by atoms with Crippen LogP contribution in [0.5, 0.6) is 5.75 Å². The van der Waals surface area contributed by atoms with Gasteiger partial charge in [0.05, 0.1) is 37.3 Å². The Morgan fingerprint density at radius 1 is 1.28 bits per heavy atom. The van der Waals surface area contributed by atoms with E-state index in [4.69, 9.17) is 14.7 Å². The highest BCUT2D eigenvalue weighted by atomic mass is 19.4. The Labute approximate surface area is 183 Å². The first-order chi connectivity index (χ1) is 15.4. The molecule has 0 bridgehead atoms. The Bertz CT molecular complexity index is 1040. The second-order valence-corrected chi connectivity index (χ2v) is 7.60. The van der Waals surface area contributed by atoms with Crippen LogP contribution in [0.15, 0.2) is 30.5 Å². The van der Waals surface area contributed by atoms with E-state index < -0.39 is 12.8 Å². The molecular formula is C22H22F3N5O2. The lowest BCUT2D eigenvalue weighted by atomic mass is 9.99. The van der Waals surface area contributed by atoms with Crippen molar-refractivity contribution in [2.45, 2.75) is 37.9 Å². The third kappa shape index (κ3) is 5.48. The predicted molar refractivity (Wildman–Crippen MR) is 111 cm³/mol. The number of rotatable bonds is 8. The second kappa shape index (κ2) is 9.44. The van der Waals surface area contributed by atoms with E-state index in [0.717, 1.165) is 24.1 Å². The lowest BCUT2D eigenvalue weighted by Gasteiger charge is -2.21. The third-order valence-electron chi connectivity index (χ3n) is 5.15. The number of nitriles is 1. The molecule has 2 aliphatic rings. The van der Waals surface area contributed by atoms with Crippen LogP contribution >= 0.6 is 0 Å². The van der Waals surface area contributed by atoms with Gasteiger partial charge < -0.3 is 20.1 Å². The zero-order chi connectivity index (χ0) is 22.6. The van der Waals surface area contributed by atoms with Gasteiger partial charge in [0.2, 0.25) is 0 Å². The maximum absolute atomic E-state index is 13.0. The standard InChI is InChI=1S/C22H22F3N5O2/c23-22(24,25)12-32-20-16(14-6-8-31-9-7-14)2-1-3-17(20)30-21-19(10-27-13-26)29-18(11-28-21)15-4-5-15/h1-3,6,11,15,27H,4-5,7-10,12H2,(H,28,30). The molecule has 4 rings (SSSR count). The zero-order valence-corrected chi connectivity index (χ0v) is 17.2. The maximum Gasteiger partial charge on any atom is 0.422 e. The molecule has 1 aliphatic carbocycles. The molecule has 10 heteroatoms. The fraction of sp³-hybridized carbons (Fsp3) is 0.409. The highest BCUT2D eigenvalue weighted by Crippen LogP contribution is 2.40. The molecule has 0 unspecified atom stereocenters. The molecule has 1 saturated carbocycles. The molecule has 1 fully saturated rings. The molecule has 7 nitrogen and oxygen atoms in total. The Morgan fingerprint density at radius 2 is 2.12 bits per heavy atom. The number of para-hydroxylation sites is 1. The van der Waals surface area contributed by atoms with Gasteiger partial charge in [0.1, 0.15) is 5.69 Å². The number of alkyl halides is 3. The Hall–Kier alpha value is -3.32. The SMILES string of the molecule is N#CNCc1nc(C2CC2)cnc1Nc1cccc(C2=CCOCC2)c1OCC(F)(F)F. The molecule has 2 N–H and O–H groups in total. The first-order valence-electron chi connectivity index (χ1n) is 10.3. The average molecular weight is 445 g/mol. The zero-order valence-electron chi connectivity index (χ0n) is 17.2. The van der Waals surface area contributed by atoms with E-state index in [1.807, 2.05) is 12.3 Å². The fourth-order valence-electron chi connectivity index (χ4n) is 3.47. The van der Waals surface area contributed by atoms with Gasteiger partial charge in [-0.3, -0.25) is 4.98 Å². The van der Waals surface area contributed by atoms with Crippen molar-refractivity contribution < 1.29 is 22.6 Å². The Kier molecular flexibility index (Phi) is 6.46. The normalized spacial score (nSPS) is 16.1. The minimum atomic E-state index is -4.48. The first kappa shape index (κ1) is 21.9. The smallest absolute Gasteiger partial charge is 0.422 e. The van der Waals surface area contributed by atoms with Crippen LogP contribution in [0.4, 0.5) is 24.7 Å². The van der Waals surface area contributed by atoms with Gasteiger partial charge in [0.25, 0.3) is 0 Å². The van der Waals surface area contributed by atoms with Crippen molar-refractivity contribution in [1.29, 1.82) is 5.26 Å². The molecular weight excluding hydrogens is 423 g/mol. The highest BCUT2D eigenvalue weighted by molar-refractivity contribution is 5.79. The van der Waals surface area contributed by atoms with Crippen molar-refractivity contribution in [1.82, 2.24) is 15.3 Å². The van der Waals surface area contributed by atoms with Gasteiger partial charge >= 0.3 is 6.18 Å². The lowest BCUT2D eigenvalue weighted by Crippen LogP contribution is -2.20. The summed E-state index contributed by atoms with van der Waals surface area (Å²) in [5.74, 6) is 0.809. The van der Waals surface area contributed by atoms with Crippen LogP contribution < -0.4 is 15.4 Å². The molecule has 0 spiro atoms. The van der Waals surface area contributed by atoms with E-state index in [1.165, 1.54) is 0 Å². The maximum atomic E-state index is 13.0. The van der Waals surface area contributed by atoms with E-state index in [9.17, 15) is 13.2 Å². The molecule has 0 atom stereocenters. The molecule has 2 aromatic rings. The summed E-state index contributed by atoms with van der Waals surface area (Å²) < 4.78 is 49.5. The number of aromatic nitrogens is 2.